The summed E-state index contributed by atoms with van der Waals surface area (Å²) in [5.74, 6) is -0.406. The number of fused-ring (bicyclic) bond motifs is 1. The highest BCUT2D eigenvalue weighted by molar-refractivity contribution is 5.88. The number of esters is 1. The zero-order valence-corrected chi connectivity index (χ0v) is 20.0. The molecular weight excluding hydrogens is 424 g/mol. The molecule has 1 aliphatic rings. The van der Waals surface area contributed by atoms with Gasteiger partial charge in [-0.1, -0.05) is 72.8 Å². The molecule has 0 bridgehead atoms. The quantitative estimate of drug-likeness (QED) is 0.367. The molecule has 0 aliphatic carbocycles. The van der Waals surface area contributed by atoms with E-state index in [9.17, 15) is 9.59 Å². The summed E-state index contributed by atoms with van der Waals surface area (Å²) in [6.07, 6.45) is 4.21. The van der Waals surface area contributed by atoms with Gasteiger partial charge in [0.2, 0.25) is 5.91 Å². The zero-order chi connectivity index (χ0) is 23.8. The molecule has 178 valence electrons. The van der Waals surface area contributed by atoms with Crippen LogP contribution in [0.3, 0.4) is 0 Å². The van der Waals surface area contributed by atoms with Crippen molar-refractivity contribution in [1.29, 1.82) is 0 Å². The number of aryl methyl sites for hydroxylation is 1. The van der Waals surface area contributed by atoms with Gasteiger partial charge in [-0.2, -0.15) is 0 Å². The van der Waals surface area contributed by atoms with Crippen molar-refractivity contribution in [1.82, 2.24) is 10.2 Å². The van der Waals surface area contributed by atoms with Crippen molar-refractivity contribution in [2.24, 2.45) is 0 Å². The summed E-state index contributed by atoms with van der Waals surface area (Å²) in [6, 6.07) is 25.2. The predicted octanol–water partition coefficient (Wildman–Crippen LogP) is 4.88. The number of ether oxygens (including phenoxy) is 1. The highest BCUT2D eigenvalue weighted by Gasteiger charge is 2.43. The Balaban J connectivity index is 1.25. The van der Waals surface area contributed by atoms with Crippen LogP contribution in [-0.4, -0.2) is 42.5 Å². The summed E-state index contributed by atoms with van der Waals surface area (Å²) >= 11 is 0. The molecule has 1 heterocycles. The number of carbonyl (C=O) groups is 2. The number of piperidine rings is 1. The lowest BCUT2D eigenvalue weighted by atomic mass is 9.86. The van der Waals surface area contributed by atoms with Gasteiger partial charge >= 0.3 is 5.97 Å². The fourth-order valence-corrected chi connectivity index (χ4v) is 4.85. The number of nitrogens with zero attached hydrogens (tertiary/aromatic N) is 1. The van der Waals surface area contributed by atoms with Crippen LogP contribution in [0, 0.1) is 0 Å². The fraction of sp³-hybridized carbons (Fsp3) is 0.379. The SMILES string of the molecule is COC(=O)C1(NC(=O)CCCCc2ccc3ccccc3c2)CCN(Cc2ccccc2)CC1. The Morgan fingerprint density at radius 1 is 0.882 bits per heavy atom. The Bertz CT molecular complexity index is 1100. The zero-order valence-electron chi connectivity index (χ0n) is 20.0. The Kier molecular flexibility index (Phi) is 7.96. The third kappa shape index (κ3) is 6.03. The standard InChI is InChI=1S/C29H34N2O3/c1-34-28(33)29(17-19-31(20-18-29)22-24-10-3-2-4-11-24)30-27(32)14-8-5-9-23-15-16-25-12-6-7-13-26(25)21-23/h2-4,6-7,10-13,15-16,21H,5,8-9,14,17-20,22H2,1H3,(H,30,32). The van der Waals surface area contributed by atoms with Gasteiger partial charge in [0, 0.05) is 26.1 Å². The molecule has 3 aromatic carbocycles. The second kappa shape index (κ2) is 11.3. The normalized spacial score (nSPS) is 15.7. The van der Waals surface area contributed by atoms with Gasteiger partial charge in [-0.3, -0.25) is 9.69 Å². The van der Waals surface area contributed by atoms with Gasteiger partial charge in [-0.05, 0) is 54.0 Å². The van der Waals surface area contributed by atoms with Crippen LogP contribution in [-0.2, 0) is 27.3 Å². The Morgan fingerprint density at radius 3 is 2.32 bits per heavy atom. The maximum atomic E-state index is 12.8. The van der Waals surface area contributed by atoms with E-state index in [4.69, 9.17) is 4.74 Å². The van der Waals surface area contributed by atoms with E-state index in [0.717, 1.165) is 38.9 Å². The maximum absolute atomic E-state index is 12.8. The van der Waals surface area contributed by atoms with Gasteiger partial charge in [0.15, 0.2) is 0 Å². The van der Waals surface area contributed by atoms with Gasteiger partial charge < -0.3 is 10.1 Å². The van der Waals surface area contributed by atoms with Crippen molar-refractivity contribution in [2.75, 3.05) is 20.2 Å². The number of rotatable bonds is 9. The molecule has 1 aliphatic heterocycles. The Labute approximate surface area is 202 Å². The van der Waals surface area contributed by atoms with Crippen molar-refractivity contribution in [3.8, 4) is 0 Å². The number of amides is 1. The lowest BCUT2D eigenvalue weighted by molar-refractivity contribution is -0.153. The van der Waals surface area contributed by atoms with E-state index < -0.39 is 5.54 Å². The van der Waals surface area contributed by atoms with Crippen LogP contribution < -0.4 is 5.32 Å². The number of likely N-dealkylation sites (tertiary alicyclic amines) is 1. The lowest BCUT2D eigenvalue weighted by Gasteiger charge is -2.40. The summed E-state index contributed by atoms with van der Waals surface area (Å²) in [6.45, 7) is 2.33. The molecular formula is C29H34N2O3. The molecule has 5 heteroatoms. The molecule has 0 atom stereocenters. The number of hydrogen-bond acceptors (Lipinski definition) is 4. The molecule has 1 fully saturated rings. The van der Waals surface area contributed by atoms with Crippen LogP contribution in [0.2, 0.25) is 0 Å². The number of benzene rings is 3. The van der Waals surface area contributed by atoms with Crippen molar-refractivity contribution in [2.45, 2.75) is 50.6 Å². The summed E-state index contributed by atoms with van der Waals surface area (Å²) in [5.41, 5.74) is 1.62. The van der Waals surface area contributed by atoms with Gasteiger partial charge in [0.05, 0.1) is 7.11 Å². The highest BCUT2D eigenvalue weighted by atomic mass is 16.5. The van der Waals surface area contributed by atoms with Crippen LogP contribution in [0.15, 0.2) is 72.8 Å². The molecule has 3 aromatic rings. The van der Waals surface area contributed by atoms with Gasteiger partial charge in [-0.15, -0.1) is 0 Å². The number of nitrogens with one attached hydrogen (secondary N) is 1. The number of carbonyl (C=O) groups excluding carboxylic acids is 2. The smallest absolute Gasteiger partial charge is 0.331 e. The topological polar surface area (TPSA) is 58.6 Å². The summed E-state index contributed by atoms with van der Waals surface area (Å²) in [5, 5.41) is 5.54. The minimum Gasteiger partial charge on any atom is -0.467 e. The first-order chi connectivity index (χ1) is 16.6. The van der Waals surface area contributed by atoms with E-state index in [1.54, 1.807) is 0 Å². The van der Waals surface area contributed by atoms with Crippen LogP contribution in [0.4, 0.5) is 0 Å². The van der Waals surface area contributed by atoms with Crippen molar-refractivity contribution in [3.63, 3.8) is 0 Å². The Hall–Kier alpha value is -3.18. The molecule has 0 unspecified atom stereocenters. The molecule has 1 saturated heterocycles. The molecule has 0 saturated carbocycles. The monoisotopic (exact) mass is 458 g/mol. The summed E-state index contributed by atoms with van der Waals surface area (Å²) in [4.78, 5) is 27.7. The minimum absolute atomic E-state index is 0.0691. The first-order valence-electron chi connectivity index (χ1n) is 12.2. The summed E-state index contributed by atoms with van der Waals surface area (Å²) in [7, 11) is 1.40. The van der Waals surface area contributed by atoms with Crippen LogP contribution >= 0.6 is 0 Å². The number of hydrogen-bond donors (Lipinski definition) is 1. The van der Waals surface area contributed by atoms with Gasteiger partial charge in [-0.25, -0.2) is 4.79 Å². The first kappa shape index (κ1) is 24.0. The molecule has 4 rings (SSSR count). The second-order valence-corrected chi connectivity index (χ2v) is 9.27. The molecule has 0 radical (unpaired) electrons. The molecule has 5 nitrogen and oxygen atoms in total. The number of unbranched alkanes of at least 4 members (excludes halogenated alkanes) is 1. The number of methoxy groups -OCH3 is 1. The minimum atomic E-state index is -0.919. The third-order valence-corrected chi connectivity index (χ3v) is 6.85. The average molecular weight is 459 g/mol. The second-order valence-electron chi connectivity index (χ2n) is 9.27. The third-order valence-electron chi connectivity index (χ3n) is 6.85. The van der Waals surface area contributed by atoms with E-state index in [2.05, 4.69) is 64.8 Å². The van der Waals surface area contributed by atoms with E-state index in [-0.39, 0.29) is 11.9 Å². The first-order valence-corrected chi connectivity index (χ1v) is 12.2. The lowest BCUT2D eigenvalue weighted by Crippen LogP contribution is -2.60. The van der Waals surface area contributed by atoms with Crippen molar-refractivity contribution in [3.05, 3.63) is 83.9 Å². The van der Waals surface area contributed by atoms with E-state index in [1.165, 1.54) is 29.0 Å². The van der Waals surface area contributed by atoms with E-state index >= 15 is 0 Å². The molecule has 1 amide bonds. The average Bonchev–Trinajstić information content (AvgIpc) is 2.88. The molecule has 0 aromatic heterocycles. The summed E-state index contributed by atoms with van der Waals surface area (Å²) < 4.78 is 5.09. The van der Waals surface area contributed by atoms with E-state index in [1.807, 2.05) is 18.2 Å². The van der Waals surface area contributed by atoms with Gasteiger partial charge in [0.1, 0.15) is 5.54 Å². The Morgan fingerprint density at radius 2 is 1.59 bits per heavy atom. The molecule has 1 N–H and O–H groups in total. The van der Waals surface area contributed by atoms with Crippen LogP contribution in [0.25, 0.3) is 10.8 Å². The molecule has 34 heavy (non-hydrogen) atoms. The highest BCUT2D eigenvalue weighted by Crippen LogP contribution is 2.26. The van der Waals surface area contributed by atoms with Crippen molar-refractivity contribution >= 4 is 22.6 Å². The van der Waals surface area contributed by atoms with Crippen molar-refractivity contribution < 1.29 is 14.3 Å². The van der Waals surface area contributed by atoms with Gasteiger partial charge in [0.25, 0.3) is 0 Å². The fourth-order valence-electron chi connectivity index (χ4n) is 4.85. The van der Waals surface area contributed by atoms with Crippen LogP contribution in [0.5, 0.6) is 0 Å². The predicted molar refractivity (Wildman–Crippen MR) is 135 cm³/mol. The van der Waals surface area contributed by atoms with E-state index in [0.29, 0.717) is 19.3 Å². The van der Waals surface area contributed by atoms with Crippen LogP contribution in [0.1, 0.15) is 43.2 Å². The maximum Gasteiger partial charge on any atom is 0.331 e. The largest absolute Gasteiger partial charge is 0.467 e. The molecule has 0 spiro atoms.